The summed E-state index contributed by atoms with van der Waals surface area (Å²) in [4.78, 5) is 31.8. The number of nitriles is 1. The van der Waals surface area contributed by atoms with Gasteiger partial charge >= 0.3 is 5.97 Å². The summed E-state index contributed by atoms with van der Waals surface area (Å²) in [7, 11) is 0. The fraction of sp³-hybridized carbons (Fsp3) is 0.200. The number of carbonyl (C=O) groups is 2. The fourth-order valence-corrected chi connectivity index (χ4v) is 3.66. The van der Waals surface area contributed by atoms with E-state index in [1.54, 1.807) is 36.1 Å². The van der Waals surface area contributed by atoms with Gasteiger partial charge in [0.2, 0.25) is 5.89 Å². The molecule has 7 nitrogen and oxygen atoms in total. The van der Waals surface area contributed by atoms with Crippen molar-refractivity contribution in [1.82, 2.24) is 4.98 Å². The molecule has 1 amide bonds. The van der Waals surface area contributed by atoms with Crippen LogP contribution in [0.4, 0.5) is 5.69 Å². The first-order valence-corrected chi connectivity index (χ1v) is 9.48. The molecule has 2 aromatic heterocycles. The van der Waals surface area contributed by atoms with E-state index in [9.17, 15) is 9.59 Å². The highest BCUT2D eigenvalue weighted by atomic mass is 32.1. The molecule has 1 saturated heterocycles. The van der Waals surface area contributed by atoms with E-state index in [4.69, 9.17) is 14.4 Å². The monoisotopic (exact) mass is 393 g/mol. The first kappa shape index (κ1) is 17.9. The number of amides is 1. The van der Waals surface area contributed by atoms with Crippen LogP contribution in [0.15, 0.2) is 46.2 Å². The molecule has 140 valence electrons. The molecule has 0 unspecified atom stereocenters. The number of rotatable bonds is 4. The average Bonchev–Trinajstić information content (AvgIpc) is 3.43. The Labute approximate surface area is 164 Å². The third-order valence-electron chi connectivity index (χ3n) is 4.44. The normalized spacial score (nSPS) is 16.2. The Morgan fingerprint density at radius 2 is 2.14 bits per heavy atom. The number of nitrogens with zero attached hydrogens (tertiary/aromatic N) is 3. The fourth-order valence-electron chi connectivity index (χ4n) is 3.01. The predicted octanol–water partition coefficient (Wildman–Crippen LogP) is 3.55. The third kappa shape index (κ3) is 3.28. The van der Waals surface area contributed by atoms with Crippen molar-refractivity contribution < 1.29 is 18.7 Å². The minimum atomic E-state index is -0.871. The number of aromatic nitrogens is 1. The van der Waals surface area contributed by atoms with E-state index in [0.717, 1.165) is 4.88 Å². The van der Waals surface area contributed by atoms with E-state index in [1.165, 1.54) is 11.3 Å². The highest BCUT2D eigenvalue weighted by Crippen LogP contribution is 2.28. The largest absolute Gasteiger partial charge is 0.447 e. The van der Waals surface area contributed by atoms with Crippen molar-refractivity contribution in [3.63, 3.8) is 0 Å². The van der Waals surface area contributed by atoms with Crippen molar-refractivity contribution >= 4 is 28.9 Å². The Balaban J connectivity index is 1.47. The van der Waals surface area contributed by atoms with Crippen molar-refractivity contribution in [1.29, 1.82) is 5.26 Å². The molecule has 1 aliphatic heterocycles. The lowest BCUT2D eigenvalue weighted by Gasteiger charge is -2.16. The first-order chi connectivity index (χ1) is 13.6. The Kier molecular flexibility index (Phi) is 4.67. The van der Waals surface area contributed by atoms with E-state index >= 15 is 0 Å². The van der Waals surface area contributed by atoms with E-state index in [0.29, 0.717) is 35.9 Å². The van der Waals surface area contributed by atoms with Gasteiger partial charge in [0.05, 0.1) is 16.5 Å². The number of carbonyl (C=O) groups excluding carboxylic acids is 2. The quantitative estimate of drug-likeness (QED) is 0.629. The van der Waals surface area contributed by atoms with E-state index in [-0.39, 0.29) is 11.6 Å². The second kappa shape index (κ2) is 7.29. The molecule has 1 aromatic carbocycles. The summed E-state index contributed by atoms with van der Waals surface area (Å²) in [6, 6.07) is 12.5. The zero-order valence-electron chi connectivity index (χ0n) is 14.9. The number of oxazole rings is 1. The lowest BCUT2D eigenvalue weighted by atomic mass is 10.2. The number of aryl methyl sites for hydroxylation is 1. The lowest BCUT2D eigenvalue weighted by molar-refractivity contribution is -0.124. The maximum atomic E-state index is 12.6. The Bertz CT molecular complexity index is 1060. The van der Waals surface area contributed by atoms with Crippen molar-refractivity contribution in [2.75, 3.05) is 11.4 Å². The molecule has 0 spiro atoms. The highest BCUT2D eigenvalue weighted by Gasteiger charge is 2.36. The highest BCUT2D eigenvalue weighted by molar-refractivity contribution is 7.13. The molecule has 1 fully saturated rings. The predicted molar refractivity (Wildman–Crippen MR) is 102 cm³/mol. The number of thiophene rings is 1. The summed E-state index contributed by atoms with van der Waals surface area (Å²) in [5, 5.41) is 10.8. The molecule has 8 heteroatoms. The molecule has 0 aliphatic carbocycles. The Morgan fingerprint density at radius 3 is 2.82 bits per heavy atom. The summed E-state index contributed by atoms with van der Waals surface area (Å²) < 4.78 is 11.0. The zero-order valence-corrected chi connectivity index (χ0v) is 15.7. The number of esters is 1. The minimum Gasteiger partial charge on any atom is -0.447 e. The Morgan fingerprint density at radius 1 is 1.36 bits per heavy atom. The van der Waals surface area contributed by atoms with Crippen LogP contribution in [0.3, 0.4) is 0 Å². The van der Waals surface area contributed by atoms with E-state index in [2.05, 4.69) is 4.98 Å². The van der Waals surface area contributed by atoms with Crippen molar-refractivity contribution in [3.8, 4) is 16.8 Å². The van der Waals surface area contributed by atoms with E-state index < -0.39 is 12.1 Å². The van der Waals surface area contributed by atoms with Gasteiger partial charge in [0.25, 0.3) is 5.91 Å². The number of benzene rings is 1. The van der Waals surface area contributed by atoms with Crippen LogP contribution in [-0.4, -0.2) is 29.5 Å². The van der Waals surface area contributed by atoms with Crippen LogP contribution in [-0.2, 0) is 9.53 Å². The molecular formula is C20H15N3O4S. The standard InChI is InChI=1S/C20H15N3O4S/c1-12-17(22-18(26-12)16-3-2-10-28-16)20(25)27-15-8-9-23(19(15)24)14-6-4-13(11-21)5-7-14/h2-7,10,15H,8-9H2,1H3/t15-/m0/s1. The van der Waals surface area contributed by atoms with Crippen LogP contribution in [0.5, 0.6) is 0 Å². The molecular weight excluding hydrogens is 378 g/mol. The van der Waals surface area contributed by atoms with Gasteiger partial charge in [0.1, 0.15) is 5.76 Å². The SMILES string of the molecule is Cc1oc(-c2cccs2)nc1C(=O)O[C@H]1CCN(c2ccc(C#N)cc2)C1=O. The third-order valence-corrected chi connectivity index (χ3v) is 5.29. The van der Waals surface area contributed by atoms with Crippen LogP contribution in [0.25, 0.3) is 10.8 Å². The van der Waals surface area contributed by atoms with Gasteiger partial charge in [-0.2, -0.15) is 5.26 Å². The van der Waals surface area contributed by atoms with E-state index in [1.807, 2.05) is 23.6 Å². The van der Waals surface area contributed by atoms with Crippen LogP contribution in [0.2, 0.25) is 0 Å². The smallest absolute Gasteiger partial charge is 0.361 e. The molecule has 28 heavy (non-hydrogen) atoms. The molecule has 0 saturated carbocycles. The average molecular weight is 393 g/mol. The van der Waals surface area contributed by atoms with Gasteiger partial charge in [0.15, 0.2) is 11.8 Å². The van der Waals surface area contributed by atoms with Crippen molar-refractivity contribution in [3.05, 3.63) is 58.8 Å². The van der Waals surface area contributed by atoms with Gasteiger partial charge in [-0.1, -0.05) is 6.07 Å². The van der Waals surface area contributed by atoms with Gasteiger partial charge in [-0.05, 0) is 42.6 Å². The summed E-state index contributed by atoms with van der Waals surface area (Å²) >= 11 is 1.45. The molecule has 0 bridgehead atoms. The summed E-state index contributed by atoms with van der Waals surface area (Å²) in [6.45, 7) is 2.07. The Hall–Kier alpha value is -3.44. The van der Waals surface area contributed by atoms with Crippen LogP contribution in [0, 0.1) is 18.3 Å². The minimum absolute atomic E-state index is 0.0769. The number of hydrogen-bond acceptors (Lipinski definition) is 7. The zero-order chi connectivity index (χ0) is 19.7. The molecule has 1 atom stereocenters. The van der Waals surface area contributed by atoms with Gasteiger partial charge < -0.3 is 14.1 Å². The summed E-state index contributed by atoms with van der Waals surface area (Å²) in [5.41, 5.74) is 1.26. The van der Waals surface area contributed by atoms with Crippen LogP contribution < -0.4 is 4.90 Å². The van der Waals surface area contributed by atoms with Gasteiger partial charge in [-0.3, -0.25) is 4.79 Å². The maximum absolute atomic E-state index is 12.6. The van der Waals surface area contributed by atoms with Gasteiger partial charge in [-0.15, -0.1) is 11.3 Å². The number of ether oxygens (including phenoxy) is 1. The molecule has 0 N–H and O–H groups in total. The molecule has 0 radical (unpaired) electrons. The van der Waals surface area contributed by atoms with Crippen LogP contribution >= 0.6 is 11.3 Å². The maximum Gasteiger partial charge on any atom is 0.361 e. The van der Waals surface area contributed by atoms with Crippen LogP contribution in [0.1, 0.15) is 28.2 Å². The first-order valence-electron chi connectivity index (χ1n) is 8.60. The second-order valence-electron chi connectivity index (χ2n) is 6.23. The van der Waals surface area contributed by atoms with Crippen molar-refractivity contribution in [2.24, 2.45) is 0 Å². The van der Waals surface area contributed by atoms with Crippen molar-refractivity contribution in [2.45, 2.75) is 19.4 Å². The molecule has 1 aliphatic rings. The number of anilines is 1. The number of hydrogen-bond donors (Lipinski definition) is 0. The van der Waals surface area contributed by atoms with Gasteiger partial charge in [0, 0.05) is 18.7 Å². The second-order valence-corrected chi connectivity index (χ2v) is 7.18. The topological polar surface area (TPSA) is 96.4 Å². The summed E-state index contributed by atoms with van der Waals surface area (Å²) in [5.74, 6) is -0.263. The van der Waals surface area contributed by atoms with Gasteiger partial charge in [-0.25, -0.2) is 9.78 Å². The molecule has 3 heterocycles. The lowest BCUT2D eigenvalue weighted by Crippen LogP contribution is -2.32. The molecule has 4 rings (SSSR count). The molecule has 3 aromatic rings. The summed E-state index contributed by atoms with van der Waals surface area (Å²) in [6.07, 6.45) is -0.483.